The van der Waals surface area contributed by atoms with Gasteiger partial charge in [-0.1, -0.05) is 30.3 Å². The van der Waals surface area contributed by atoms with Crippen molar-refractivity contribution in [1.29, 1.82) is 0 Å². The summed E-state index contributed by atoms with van der Waals surface area (Å²) >= 11 is 0. The number of carbonyl (C=O) groups excluding carboxylic acids is 1. The van der Waals surface area contributed by atoms with Crippen molar-refractivity contribution < 1.29 is 19.8 Å². The van der Waals surface area contributed by atoms with Gasteiger partial charge in [0, 0.05) is 5.92 Å². The normalized spacial score (nSPS) is 23.2. The molecule has 0 aliphatic heterocycles. The number of aliphatic hydroxyl groups excluding tert-OH is 1. The van der Waals surface area contributed by atoms with E-state index >= 15 is 0 Å². The molecule has 0 aromatic heterocycles. The Bertz CT molecular complexity index is 446. The summed E-state index contributed by atoms with van der Waals surface area (Å²) in [5.41, 5.74) is 1.09. The van der Waals surface area contributed by atoms with Gasteiger partial charge in [-0.3, -0.25) is 4.79 Å². The zero-order valence-electron chi connectivity index (χ0n) is 9.74. The number of nitrogens with one attached hydrogen (secondary N) is 1. The van der Waals surface area contributed by atoms with Crippen LogP contribution in [0.1, 0.15) is 17.9 Å². The number of rotatable bonds is 5. The van der Waals surface area contributed by atoms with Gasteiger partial charge in [-0.05, 0) is 17.9 Å². The molecule has 1 aliphatic rings. The first-order chi connectivity index (χ1) is 8.63. The molecule has 1 saturated carbocycles. The molecule has 5 nitrogen and oxygen atoms in total. The quantitative estimate of drug-likeness (QED) is 0.703. The van der Waals surface area contributed by atoms with E-state index < -0.39 is 18.6 Å². The van der Waals surface area contributed by atoms with Crippen LogP contribution < -0.4 is 5.32 Å². The van der Waals surface area contributed by atoms with E-state index in [1.807, 2.05) is 30.3 Å². The highest BCUT2D eigenvalue weighted by molar-refractivity contribution is 5.87. The van der Waals surface area contributed by atoms with Crippen LogP contribution in [0.5, 0.6) is 0 Å². The van der Waals surface area contributed by atoms with Crippen LogP contribution in [0.25, 0.3) is 0 Å². The third-order valence-corrected chi connectivity index (χ3v) is 3.15. The van der Waals surface area contributed by atoms with Crippen molar-refractivity contribution in [2.45, 2.75) is 18.4 Å². The Labute approximate surface area is 104 Å². The van der Waals surface area contributed by atoms with Crippen molar-refractivity contribution in [2.75, 3.05) is 6.61 Å². The van der Waals surface area contributed by atoms with Gasteiger partial charge in [0.2, 0.25) is 5.91 Å². The van der Waals surface area contributed by atoms with E-state index in [0.717, 1.165) is 12.0 Å². The Kier molecular flexibility index (Phi) is 3.62. The second kappa shape index (κ2) is 5.18. The molecular weight excluding hydrogens is 234 g/mol. The van der Waals surface area contributed by atoms with E-state index in [4.69, 9.17) is 10.2 Å². The molecule has 1 aromatic carbocycles. The lowest BCUT2D eigenvalue weighted by Crippen LogP contribution is -2.44. The predicted octanol–water partition coefficient (Wildman–Crippen LogP) is 0.352. The average molecular weight is 249 g/mol. The molecule has 1 aliphatic carbocycles. The molecule has 5 heteroatoms. The molecule has 3 atom stereocenters. The maximum atomic E-state index is 11.8. The van der Waals surface area contributed by atoms with Crippen molar-refractivity contribution in [3.8, 4) is 0 Å². The molecule has 1 fully saturated rings. The van der Waals surface area contributed by atoms with Gasteiger partial charge in [-0.15, -0.1) is 0 Å². The van der Waals surface area contributed by atoms with Crippen LogP contribution in [0.2, 0.25) is 0 Å². The van der Waals surface area contributed by atoms with Crippen molar-refractivity contribution in [3.63, 3.8) is 0 Å². The summed E-state index contributed by atoms with van der Waals surface area (Å²) in [6.45, 7) is -0.593. The van der Waals surface area contributed by atoms with Gasteiger partial charge in [0.05, 0.1) is 6.61 Å². The van der Waals surface area contributed by atoms with Crippen LogP contribution in [0.3, 0.4) is 0 Å². The minimum Gasteiger partial charge on any atom is -0.480 e. The fraction of sp³-hybridized carbons (Fsp3) is 0.385. The lowest BCUT2D eigenvalue weighted by Gasteiger charge is -2.11. The summed E-state index contributed by atoms with van der Waals surface area (Å²) in [7, 11) is 0. The van der Waals surface area contributed by atoms with Crippen LogP contribution in [-0.4, -0.2) is 34.7 Å². The Morgan fingerprint density at radius 1 is 1.33 bits per heavy atom. The van der Waals surface area contributed by atoms with Gasteiger partial charge < -0.3 is 15.5 Å². The highest BCUT2D eigenvalue weighted by atomic mass is 16.4. The summed E-state index contributed by atoms with van der Waals surface area (Å²) in [4.78, 5) is 22.5. The monoisotopic (exact) mass is 249 g/mol. The van der Waals surface area contributed by atoms with Crippen molar-refractivity contribution in [1.82, 2.24) is 5.32 Å². The van der Waals surface area contributed by atoms with Crippen molar-refractivity contribution in [3.05, 3.63) is 35.9 Å². The zero-order valence-corrected chi connectivity index (χ0v) is 9.74. The van der Waals surface area contributed by atoms with Gasteiger partial charge >= 0.3 is 5.97 Å². The predicted molar refractivity (Wildman–Crippen MR) is 63.9 cm³/mol. The minimum atomic E-state index is -1.22. The van der Waals surface area contributed by atoms with E-state index in [0.29, 0.717) is 0 Å². The van der Waals surface area contributed by atoms with Crippen molar-refractivity contribution in [2.24, 2.45) is 5.92 Å². The van der Waals surface area contributed by atoms with Crippen LogP contribution in [0.4, 0.5) is 0 Å². The van der Waals surface area contributed by atoms with Crippen LogP contribution in [-0.2, 0) is 9.59 Å². The van der Waals surface area contributed by atoms with E-state index in [1.165, 1.54) is 0 Å². The maximum Gasteiger partial charge on any atom is 0.328 e. The number of carboxylic acid groups (broad SMARTS) is 1. The molecule has 18 heavy (non-hydrogen) atoms. The molecular formula is C13H15NO4. The number of benzene rings is 1. The minimum absolute atomic E-state index is 0.166. The molecule has 2 rings (SSSR count). The number of aliphatic hydroxyl groups is 1. The Hall–Kier alpha value is -1.88. The Morgan fingerprint density at radius 2 is 2.00 bits per heavy atom. The fourth-order valence-electron chi connectivity index (χ4n) is 2.02. The molecule has 0 bridgehead atoms. The molecule has 0 radical (unpaired) electrons. The first-order valence-corrected chi connectivity index (χ1v) is 5.82. The Morgan fingerprint density at radius 3 is 2.56 bits per heavy atom. The third kappa shape index (κ3) is 2.68. The number of amides is 1. The maximum absolute atomic E-state index is 11.8. The topological polar surface area (TPSA) is 86.6 Å². The number of carboxylic acids is 1. The number of aliphatic carboxylic acids is 1. The molecule has 3 N–H and O–H groups in total. The van der Waals surface area contributed by atoms with Crippen LogP contribution in [0.15, 0.2) is 30.3 Å². The lowest BCUT2D eigenvalue weighted by atomic mass is 10.1. The molecule has 1 amide bonds. The van der Waals surface area contributed by atoms with E-state index in [2.05, 4.69) is 5.32 Å². The fourth-order valence-corrected chi connectivity index (χ4v) is 2.02. The van der Waals surface area contributed by atoms with Crippen LogP contribution >= 0.6 is 0 Å². The van der Waals surface area contributed by atoms with Gasteiger partial charge in [0.1, 0.15) is 6.04 Å². The van der Waals surface area contributed by atoms with E-state index in [1.54, 1.807) is 0 Å². The second-order valence-corrected chi connectivity index (χ2v) is 4.44. The summed E-state index contributed by atoms with van der Waals surface area (Å²) in [5, 5.41) is 19.9. The van der Waals surface area contributed by atoms with Gasteiger partial charge in [-0.25, -0.2) is 4.79 Å². The molecule has 0 spiro atoms. The first-order valence-electron chi connectivity index (χ1n) is 5.82. The summed E-state index contributed by atoms with van der Waals surface area (Å²) in [6, 6.07) is 8.44. The highest BCUT2D eigenvalue weighted by Gasteiger charge is 2.44. The summed E-state index contributed by atoms with van der Waals surface area (Å²) in [6.07, 6.45) is 0.730. The smallest absolute Gasteiger partial charge is 0.328 e. The highest BCUT2D eigenvalue weighted by Crippen LogP contribution is 2.47. The molecule has 0 saturated heterocycles. The molecule has 1 aromatic rings. The SMILES string of the molecule is O=C(N[C@H](CO)C(=O)O)C1CC1c1ccccc1. The molecule has 2 unspecified atom stereocenters. The van der Waals surface area contributed by atoms with Gasteiger partial charge in [0.25, 0.3) is 0 Å². The van der Waals surface area contributed by atoms with Crippen molar-refractivity contribution >= 4 is 11.9 Å². The third-order valence-electron chi connectivity index (χ3n) is 3.15. The summed E-state index contributed by atoms with van der Waals surface area (Å²) < 4.78 is 0. The standard InChI is InChI=1S/C13H15NO4/c15-7-11(13(17)18)14-12(16)10-6-9(10)8-4-2-1-3-5-8/h1-5,9-11,15H,6-7H2,(H,14,16)(H,17,18)/t9?,10?,11-/m1/s1. The lowest BCUT2D eigenvalue weighted by molar-refractivity contribution is -0.143. The van der Waals surface area contributed by atoms with E-state index in [9.17, 15) is 9.59 Å². The molecule has 0 heterocycles. The van der Waals surface area contributed by atoms with Gasteiger partial charge in [-0.2, -0.15) is 0 Å². The largest absolute Gasteiger partial charge is 0.480 e. The molecule has 96 valence electrons. The number of carbonyl (C=O) groups is 2. The van der Waals surface area contributed by atoms with E-state index in [-0.39, 0.29) is 17.7 Å². The van der Waals surface area contributed by atoms with Crippen LogP contribution in [0, 0.1) is 5.92 Å². The second-order valence-electron chi connectivity index (χ2n) is 4.44. The summed E-state index contributed by atoms with van der Waals surface area (Å²) in [5.74, 6) is -1.53. The number of hydrogen-bond donors (Lipinski definition) is 3. The Balaban J connectivity index is 1.92. The average Bonchev–Trinajstić information content (AvgIpc) is 3.16. The zero-order chi connectivity index (χ0) is 13.1. The number of hydrogen-bond acceptors (Lipinski definition) is 3. The first kappa shape index (κ1) is 12.6. The van der Waals surface area contributed by atoms with Gasteiger partial charge in [0.15, 0.2) is 0 Å².